The van der Waals surface area contributed by atoms with E-state index >= 15 is 0 Å². The molecule has 1 saturated carbocycles. The number of nitrogens with zero attached hydrogens (tertiary/aromatic N) is 3. The average Bonchev–Trinajstić information content (AvgIpc) is 2.24. The van der Waals surface area contributed by atoms with Crippen molar-refractivity contribution in [2.45, 2.75) is 65.0 Å². The van der Waals surface area contributed by atoms with E-state index in [1.807, 2.05) is 0 Å². The number of rotatable bonds is 4. The third kappa shape index (κ3) is 2.89. The summed E-state index contributed by atoms with van der Waals surface area (Å²) in [4.78, 5) is 2.85. The van der Waals surface area contributed by atoms with Gasteiger partial charge in [0.1, 0.15) is 0 Å². The summed E-state index contributed by atoms with van der Waals surface area (Å²) >= 11 is 0. The first kappa shape index (κ1) is 13.3. The van der Waals surface area contributed by atoms with Gasteiger partial charge in [-0.05, 0) is 36.1 Å². The van der Waals surface area contributed by atoms with E-state index in [0.717, 1.165) is 19.3 Å². The van der Waals surface area contributed by atoms with Gasteiger partial charge in [0.15, 0.2) is 0 Å². The Morgan fingerprint density at radius 2 is 2.25 bits per heavy atom. The molecule has 0 radical (unpaired) electrons. The van der Waals surface area contributed by atoms with Crippen LogP contribution in [-0.4, -0.2) is 17.3 Å². The molecule has 4 atom stereocenters. The van der Waals surface area contributed by atoms with E-state index < -0.39 is 6.10 Å². The molecule has 16 heavy (non-hydrogen) atoms. The summed E-state index contributed by atoms with van der Waals surface area (Å²) in [7, 11) is 0. The van der Waals surface area contributed by atoms with Crippen molar-refractivity contribution >= 4 is 0 Å². The van der Waals surface area contributed by atoms with Crippen molar-refractivity contribution in [2.75, 3.05) is 0 Å². The molecule has 1 fully saturated rings. The molecule has 0 aliphatic heterocycles. The molecule has 0 bridgehead atoms. The lowest BCUT2D eigenvalue weighted by atomic mass is 9.63. The molecule has 4 nitrogen and oxygen atoms in total. The Balaban J connectivity index is 2.73. The van der Waals surface area contributed by atoms with Gasteiger partial charge in [0.25, 0.3) is 0 Å². The van der Waals surface area contributed by atoms with Crippen LogP contribution in [0.15, 0.2) is 5.11 Å². The summed E-state index contributed by atoms with van der Waals surface area (Å²) in [6, 6.07) is -0.233. The largest absolute Gasteiger partial charge is 0.393 e. The summed E-state index contributed by atoms with van der Waals surface area (Å²) in [5.74, 6) is 0.499. The highest BCUT2D eigenvalue weighted by Crippen LogP contribution is 2.45. The molecule has 0 amide bonds. The van der Waals surface area contributed by atoms with E-state index in [0.29, 0.717) is 5.92 Å². The molecule has 2 unspecified atom stereocenters. The number of hydrogen-bond acceptors (Lipinski definition) is 2. The van der Waals surface area contributed by atoms with E-state index in [9.17, 15) is 5.11 Å². The number of unbranched alkanes of at least 4 members (excludes halogenated alkanes) is 1. The fourth-order valence-electron chi connectivity index (χ4n) is 2.73. The van der Waals surface area contributed by atoms with Gasteiger partial charge in [0.2, 0.25) is 0 Å². The highest BCUT2D eigenvalue weighted by molar-refractivity contribution is 4.95. The van der Waals surface area contributed by atoms with Gasteiger partial charge in [-0.3, -0.25) is 0 Å². The monoisotopic (exact) mass is 225 g/mol. The average molecular weight is 225 g/mol. The van der Waals surface area contributed by atoms with E-state index in [1.165, 1.54) is 12.8 Å². The van der Waals surface area contributed by atoms with Gasteiger partial charge >= 0.3 is 0 Å². The third-order valence-corrected chi connectivity index (χ3v) is 4.21. The molecule has 0 aromatic rings. The van der Waals surface area contributed by atoms with Crippen LogP contribution < -0.4 is 0 Å². The summed E-state index contributed by atoms with van der Waals surface area (Å²) < 4.78 is 0. The van der Waals surface area contributed by atoms with Gasteiger partial charge in [-0.2, -0.15) is 0 Å². The maximum Gasteiger partial charge on any atom is 0.0639 e. The van der Waals surface area contributed by atoms with Crippen molar-refractivity contribution in [3.63, 3.8) is 0 Å². The predicted molar refractivity (Wildman–Crippen MR) is 65.0 cm³/mol. The fraction of sp³-hybridized carbons (Fsp3) is 1.00. The molecule has 1 aliphatic carbocycles. The lowest BCUT2D eigenvalue weighted by Gasteiger charge is -2.44. The van der Waals surface area contributed by atoms with Crippen molar-refractivity contribution in [3.05, 3.63) is 10.4 Å². The molecular weight excluding hydrogens is 202 g/mol. The Morgan fingerprint density at radius 3 is 2.81 bits per heavy atom. The van der Waals surface area contributed by atoms with Crippen LogP contribution in [0.5, 0.6) is 0 Å². The standard InChI is InChI=1S/C12H23N3O/c1-4-5-6-12(3)8-10(14-15-13)11(16)7-9(12)2/h9-11,16H,4-8H2,1-3H3/t9?,10?,11-,12+/m1/s1. The Hall–Kier alpha value is -0.730. The number of aliphatic hydroxyl groups is 1. The minimum Gasteiger partial charge on any atom is -0.393 e. The highest BCUT2D eigenvalue weighted by atomic mass is 16.3. The first-order valence-corrected chi connectivity index (χ1v) is 6.25. The Bertz CT molecular complexity index is 275. The zero-order chi connectivity index (χ0) is 12.2. The third-order valence-electron chi connectivity index (χ3n) is 4.21. The molecular formula is C12H23N3O. The van der Waals surface area contributed by atoms with Crippen LogP contribution in [0.1, 0.15) is 52.9 Å². The van der Waals surface area contributed by atoms with E-state index in [4.69, 9.17) is 5.53 Å². The van der Waals surface area contributed by atoms with Crippen LogP contribution in [0.2, 0.25) is 0 Å². The van der Waals surface area contributed by atoms with Crippen molar-refractivity contribution in [2.24, 2.45) is 16.4 Å². The lowest BCUT2D eigenvalue weighted by molar-refractivity contribution is 0.00403. The summed E-state index contributed by atoms with van der Waals surface area (Å²) in [5, 5.41) is 13.6. The van der Waals surface area contributed by atoms with Crippen LogP contribution in [0, 0.1) is 11.3 Å². The SMILES string of the molecule is CCCC[C@@]1(C)CC(N=[N+]=[N-])[C@H](O)CC1C. The predicted octanol–water partition coefficient (Wildman–Crippen LogP) is 3.65. The normalized spacial score (nSPS) is 39.1. The second-order valence-corrected chi connectivity index (χ2v) is 5.44. The first-order valence-electron chi connectivity index (χ1n) is 6.25. The van der Waals surface area contributed by atoms with Crippen LogP contribution >= 0.6 is 0 Å². The lowest BCUT2D eigenvalue weighted by Crippen LogP contribution is -2.43. The maximum absolute atomic E-state index is 9.86. The van der Waals surface area contributed by atoms with Crippen molar-refractivity contribution in [1.29, 1.82) is 0 Å². The van der Waals surface area contributed by atoms with E-state index in [1.54, 1.807) is 0 Å². The van der Waals surface area contributed by atoms with Crippen molar-refractivity contribution in [1.82, 2.24) is 0 Å². The van der Waals surface area contributed by atoms with Gasteiger partial charge in [-0.15, -0.1) is 0 Å². The summed E-state index contributed by atoms with van der Waals surface area (Å²) in [6.45, 7) is 6.65. The number of aliphatic hydroxyl groups excluding tert-OH is 1. The smallest absolute Gasteiger partial charge is 0.0639 e. The van der Waals surface area contributed by atoms with Gasteiger partial charge in [-0.1, -0.05) is 38.7 Å². The molecule has 0 aromatic carbocycles. The van der Waals surface area contributed by atoms with Crippen LogP contribution in [-0.2, 0) is 0 Å². The minimum absolute atomic E-state index is 0.216. The van der Waals surface area contributed by atoms with E-state index in [2.05, 4.69) is 30.8 Å². The van der Waals surface area contributed by atoms with Crippen molar-refractivity contribution in [3.8, 4) is 0 Å². The maximum atomic E-state index is 9.86. The quantitative estimate of drug-likeness (QED) is 0.443. The van der Waals surface area contributed by atoms with Gasteiger partial charge in [0, 0.05) is 4.91 Å². The molecule has 0 heterocycles. The fourth-order valence-corrected chi connectivity index (χ4v) is 2.73. The first-order chi connectivity index (χ1) is 7.53. The van der Waals surface area contributed by atoms with Gasteiger partial charge in [0.05, 0.1) is 12.1 Å². The highest BCUT2D eigenvalue weighted by Gasteiger charge is 2.41. The Morgan fingerprint density at radius 1 is 1.56 bits per heavy atom. The zero-order valence-corrected chi connectivity index (χ0v) is 10.6. The molecule has 1 rings (SSSR count). The minimum atomic E-state index is -0.458. The molecule has 1 aliphatic rings. The second-order valence-electron chi connectivity index (χ2n) is 5.44. The van der Waals surface area contributed by atoms with Gasteiger partial charge < -0.3 is 5.11 Å². The molecule has 92 valence electrons. The topological polar surface area (TPSA) is 69.0 Å². The molecule has 0 aromatic heterocycles. The van der Waals surface area contributed by atoms with Crippen LogP contribution in [0.25, 0.3) is 10.4 Å². The van der Waals surface area contributed by atoms with Gasteiger partial charge in [-0.25, -0.2) is 0 Å². The molecule has 0 spiro atoms. The molecule has 0 saturated heterocycles. The summed E-state index contributed by atoms with van der Waals surface area (Å²) in [5.41, 5.74) is 8.71. The van der Waals surface area contributed by atoms with Crippen LogP contribution in [0.4, 0.5) is 0 Å². The Labute approximate surface area is 97.7 Å². The summed E-state index contributed by atoms with van der Waals surface area (Å²) in [6.07, 6.45) is 4.68. The Kier molecular flexibility index (Phi) is 4.63. The van der Waals surface area contributed by atoms with E-state index in [-0.39, 0.29) is 11.5 Å². The van der Waals surface area contributed by atoms with Crippen LogP contribution in [0.3, 0.4) is 0 Å². The van der Waals surface area contributed by atoms with Crippen molar-refractivity contribution < 1.29 is 5.11 Å². The number of hydrogen-bond donors (Lipinski definition) is 1. The zero-order valence-electron chi connectivity index (χ0n) is 10.6. The number of azide groups is 1. The second kappa shape index (κ2) is 5.55. The molecule has 4 heteroatoms. The molecule has 1 N–H and O–H groups in total.